The topological polar surface area (TPSA) is 176 Å². The number of methoxy groups -OCH3 is 1. The molecule has 0 aromatic heterocycles. The van der Waals surface area contributed by atoms with E-state index in [1.54, 1.807) is 27.9 Å². The molecule has 18 heteroatoms. The Morgan fingerprint density at radius 2 is 1.46 bits per heavy atom. The summed E-state index contributed by atoms with van der Waals surface area (Å²) in [5.41, 5.74) is -1.48. The standard InChI is InChI=1S/C52H93NO15Si2/c1-21-39(55)64-48-34(5)60-42(30-52(48,13)57)65-44-33(4)61-49(47(62-35(6)54)43(44)53(14)15)66-45-36-27-31(2)37(67-69(17,18)50(7,8)9)26-24-22-23-25-32(3)59-40(56)29-38(46(45)58-16)63-41(28-36)68-70(19,20)51(10,11)12/h22-24,26,31-34,36-38,41-49,57H,21,25,27-30H2,1-20H3/b23-22+,26-24+/t31-,32-,33-,34+,36-,37+,38-,41?,42+,43+,44-,45+,46+,47-,48+,49+,52-/m1/s1. The van der Waals surface area contributed by atoms with Gasteiger partial charge in [-0.3, -0.25) is 14.4 Å². The zero-order valence-corrected chi connectivity index (χ0v) is 48.4. The molecule has 0 aromatic rings. The SMILES string of the molecule is CCC(=O)O[C@H]1[C@H](C)O[C@@H](O[C@H]2[C@H](N(C)C)[C@@H](OC(C)=O)[C@H](O[C@H]3[C@H]4CC(O[Si](C)(C)C(C)(C)C)O[C@H](CC(=O)O[C@H](C)C/C=C/C=C/[C@H](O[Si](C)(C)C(C)(C)C)[C@H](C)C4)[C@@H]3OC)O[C@@H]2C)C[C@@]1(C)O. The highest BCUT2D eigenvalue weighted by atomic mass is 28.4. The first-order chi connectivity index (χ1) is 32.2. The summed E-state index contributed by atoms with van der Waals surface area (Å²) >= 11 is 0. The highest BCUT2D eigenvalue weighted by Gasteiger charge is 2.56. The van der Waals surface area contributed by atoms with Crippen molar-refractivity contribution in [2.24, 2.45) is 11.8 Å². The number of nitrogens with zero attached hydrogens (tertiary/aromatic N) is 1. The average molecular weight is 1030 g/mol. The Hall–Kier alpha value is -2.08. The van der Waals surface area contributed by atoms with Gasteiger partial charge in [0.2, 0.25) is 0 Å². The van der Waals surface area contributed by atoms with Gasteiger partial charge in [0.1, 0.15) is 30.2 Å². The Morgan fingerprint density at radius 3 is 2.01 bits per heavy atom. The van der Waals surface area contributed by atoms with E-state index in [9.17, 15) is 19.5 Å². The van der Waals surface area contributed by atoms with Gasteiger partial charge in [0.05, 0.1) is 43.0 Å². The summed E-state index contributed by atoms with van der Waals surface area (Å²) in [4.78, 5) is 41.4. The summed E-state index contributed by atoms with van der Waals surface area (Å²) in [6.07, 6.45) is -0.586. The van der Waals surface area contributed by atoms with Gasteiger partial charge in [-0.1, -0.05) is 79.7 Å². The van der Waals surface area contributed by atoms with Crippen molar-refractivity contribution in [1.29, 1.82) is 0 Å². The van der Waals surface area contributed by atoms with E-state index < -0.39 is 120 Å². The summed E-state index contributed by atoms with van der Waals surface area (Å²) in [6, 6.07) is -0.662. The molecule has 0 aliphatic carbocycles. The van der Waals surface area contributed by atoms with Gasteiger partial charge in [-0.25, -0.2) is 0 Å². The minimum Gasteiger partial charge on any atom is -0.462 e. The van der Waals surface area contributed by atoms with Crippen LogP contribution in [-0.4, -0.2) is 157 Å². The van der Waals surface area contributed by atoms with Gasteiger partial charge >= 0.3 is 17.9 Å². The zero-order chi connectivity index (χ0) is 52.9. The molecule has 4 heterocycles. The molecule has 0 spiro atoms. The van der Waals surface area contributed by atoms with Crippen LogP contribution < -0.4 is 0 Å². The quantitative estimate of drug-likeness (QED) is 0.105. The van der Waals surface area contributed by atoms with Gasteiger partial charge in [0.25, 0.3) is 0 Å². The number of carbonyl (C=O) groups excluding carboxylic acids is 3. The lowest BCUT2D eigenvalue weighted by molar-refractivity contribution is -0.344. The number of esters is 3. The molecule has 16 nitrogen and oxygen atoms in total. The fourth-order valence-electron chi connectivity index (χ4n) is 9.49. The van der Waals surface area contributed by atoms with Crippen LogP contribution in [-0.2, 0) is 65.9 Å². The van der Waals surface area contributed by atoms with E-state index in [-0.39, 0.29) is 47.3 Å². The van der Waals surface area contributed by atoms with Crippen LogP contribution in [0.2, 0.25) is 36.3 Å². The van der Waals surface area contributed by atoms with E-state index in [4.69, 9.17) is 51.5 Å². The second kappa shape index (κ2) is 24.5. The Bertz CT molecular complexity index is 1780. The van der Waals surface area contributed by atoms with Crippen molar-refractivity contribution in [1.82, 2.24) is 4.90 Å². The molecule has 1 unspecified atom stereocenters. The van der Waals surface area contributed by atoms with E-state index in [1.165, 1.54) is 6.92 Å². The lowest BCUT2D eigenvalue weighted by atomic mass is 9.83. The van der Waals surface area contributed by atoms with Crippen molar-refractivity contribution in [2.45, 2.75) is 256 Å². The predicted octanol–water partition coefficient (Wildman–Crippen LogP) is 8.59. The van der Waals surface area contributed by atoms with E-state index in [2.05, 4.69) is 80.7 Å². The summed E-state index contributed by atoms with van der Waals surface area (Å²) in [5, 5.41) is 11.4. The van der Waals surface area contributed by atoms with E-state index in [1.807, 2.05) is 51.1 Å². The Kier molecular flexibility index (Phi) is 21.2. The first-order valence-electron chi connectivity index (χ1n) is 25.7. The second-order valence-electron chi connectivity index (χ2n) is 23.8. The van der Waals surface area contributed by atoms with Gasteiger partial charge in [-0.2, -0.15) is 0 Å². The molecule has 70 heavy (non-hydrogen) atoms. The van der Waals surface area contributed by atoms with Crippen molar-refractivity contribution in [3.63, 3.8) is 0 Å². The third kappa shape index (κ3) is 15.7. The lowest BCUT2D eigenvalue weighted by Gasteiger charge is -2.51. The highest BCUT2D eigenvalue weighted by Crippen LogP contribution is 2.45. The van der Waals surface area contributed by atoms with E-state index >= 15 is 0 Å². The smallest absolute Gasteiger partial charge is 0.308 e. The molecule has 0 radical (unpaired) electrons. The van der Waals surface area contributed by atoms with Crippen molar-refractivity contribution < 1.29 is 71.0 Å². The Balaban J connectivity index is 1.86. The molecule has 0 amide bonds. The molecule has 17 atom stereocenters. The van der Waals surface area contributed by atoms with Gasteiger partial charge < -0.3 is 61.5 Å². The van der Waals surface area contributed by atoms with E-state index in [0.29, 0.717) is 19.3 Å². The number of ether oxygens (including phenoxy) is 9. The lowest BCUT2D eigenvalue weighted by Crippen LogP contribution is -2.66. The van der Waals surface area contributed by atoms with Crippen molar-refractivity contribution in [3.05, 3.63) is 24.3 Å². The monoisotopic (exact) mass is 1030 g/mol. The molecule has 2 bridgehead atoms. The molecule has 4 rings (SSSR count). The fraction of sp³-hybridized carbons (Fsp3) is 0.865. The van der Waals surface area contributed by atoms with Crippen LogP contribution in [0.25, 0.3) is 0 Å². The summed E-state index contributed by atoms with van der Waals surface area (Å²) in [7, 11) is 0.521. The molecule has 4 aliphatic rings. The Morgan fingerprint density at radius 1 is 0.829 bits per heavy atom. The van der Waals surface area contributed by atoms with Crippen molar-refractivity contribution in [2.75, 3.05) is 21.2 Å². The van der Waals surface area contributed by atoms with Crippen molar-refractivity contribution in [3.8, 4) is 0 Å². The number of rotatable bonds is 13. The number of fused-ring (bicyclic) bond motifs is 3. The number of cyclic esters (lactones) is 1. The van der Waals surface area contributed by atoms with Gasteiger partial charge in [0.15, 0.2) is 41.4 Å². The molecule has 4 aliphatic heterocycles. The number of hydrogen-bond acceptors (Lipinski definition) is 16. The zero-order valence-electron chi connectivity index (χ0n) is 46.4. The van der Waals surface area contributed by atoms with Crippen LogP contribution in [0.1, 0.15) is 129 Å². The van der Waals surface area contributed by atoms with Crippen LogP contribution in [0.4, 0.5) is 0 Å². The highest BCUT2D eigenvalue weighted by molar-refractivity contribution is 6.74. The van der Waals surface area contributed by atoms with Crippen LogP contribution in [0.3, 0.4) is 0 Å². The predicted molar refractivity (Wildman–Crippen MR) is 272 cm³/mol. The molecule has 0 saturated carbocycles. The van der Waals surface area contributed by atoms with Crippen LogP contribution in [0.15, 0.2) is 24.3 Å². The largest absolute Gasteiger partial charge is 0.462 e. The third-order valence-corrected chi connectivity index (χ3v) is 24.4. The molecule has 404 valence electrons. The average Bonchev–Trinajstić information content (AvgIpc) is 3.32. The summed E-state index contributed by atoms with van der Waals surface area (Å²) in [6.45, 7) is 34.4. The molecular weight excluding hydrogens is 935 g/mol. The maximum atomic E-state index is 13.9. The minimum atomic E-state index is -2.49. The number of hydrogen-bond donors (Lipinski definition) is 1. The van der Waals surface area contributed by atoms with Crippen LogP contribution in [0.5, 0.6) is 0 Å². The van der Waals surface area contributed by atoms with Gasteiger partial charge in [-0.15, -0.1) is 0 Å². The van der Waals surface area contributed by atoms with Crippen LogP contribution in [0, 0.1) is 11.8 Å². The summed E-state index contributed by atoms with van der Waals surface area (Å²) in [5.74, 6) is -1.85. The van der Waals surface area contributed by atoms with Gasteiger partial charge in [0, 0.05) is 39.7 Å². The maximum Gasteiger partial charge on any atom is 0.308 e. The first kappa shape index (κ1) is 60.5. The minimum absolute atomic E-state index is 0.00961. The normalized spacial score (nSPS) is 38.6. The molecular formula is C52H93NO15Si2. The number of carbonyl (C=O) groups is 3. The molecule has 3 fully saturated rings. The Labute approximate surface area is 422 Å². The number of aliphatic hydroxyl groups is 1. The van der Waals surface area contributed by atoms with Gasteiger partial charge in [-0.05, 0) is 96.3 Å². The molecule has 0 aromatic carbocycles. The fourth-order valence-corrected chi connectivity index (χ4v) is 12.0. The maximum absolute atomic E-state index is 13.9. The summed E-state index contributed by atoms with van der Waals surface area (Å²) < 4.78 is 72.8. The van der Waals surface area contributed by atoms with Crippen molar-refractivity contribution >= 4 is 34.5 Å². The number of allylic oxidation sites excluding steroid dienone is 2. The third-order valence-electron chi connectivity index (χ3n) is 15.5. The van der Waals surface area contributed by atoms with E-state index in [0.717, 1.165) is 0 Å². The number of likely N-dealkylation sites (N-methyl/N-ethyl adjacent to an activating group) is 1. The first-order valence-corrected chi connectivity index (χ1v) is 31.5. The molecule has 3 saturated heterocycles. The van der Waals surface area contributed by atoms with Crippen LogP contribution >= 0.6 is 0 Å². The molecule has 1 N–H and O–H groups in total. The second-order valence-corrected chi connectivity index (χ2v) is 33.3.